The summed E-state index contributed by atoms with van der Waals surface area (Å²) in [7, 11) is 0. The summed E-state index contributed by atoms with van der Waals surface area (Å²) in [5, 5.41) is 3.01. The molecule has 120 valence electrons. The molecule has 0 aliphatic carbocycles. The van der Waals surface area contributed by atoms with Crippen molar-refractivity contribution in [3.8, 4) is 5.75 Å². The molecule has 23 heavy (non-hydrogen) atoms. The zero-order valence-electron chi connectivity index (χ0n) is 12.3. The summed E-state index contributed by atoms with van der Waals surface area (Å²) in [6.45, 7) is -0.265. The lowest BCUT2D eigenvalue weighted by Crippen LogP contribution is -2.34. The average Bonchev–Trinajstić information content (AvgIpc) is 2.57. The Labute approximate surface area is 139 Å². The van der Waals surface area contributed by atoms with Crippen molar-refractivity contribution in [1.82, 2.24) is 5.32 Å². The van der Waals surface area contributed by atoms with Gasteiger partial charge in [0.15, 0.2) is 6.61 Å². The lowest BCUT2D eigenvalue weighted by atomic mass is 10.2. The van der Waals surface area contributed by atoms with Gasteiger partial charge in [0.1, 0.15) is 18.9 Å². The van der Waals surface area contributed by atoms with E-state index in [9.17, 15) is 9.59 Å². The first-order valence-corrected chi connectivity index (χ1v) is 7.36. The van der Waals surface area contributed by atoms with Crippen LogP contribution in [0.5, 0.6) is 5.75 Å². The van der Waals surface area contributed by atoms with Gasteiger partial charge >= 0.3 is 5.97 Å². The molecule has 0 saturated heterocycles. The minimum Gasteiger partial charge on any atom is -0.484 e. The lowest BCUT2D eigenvalue weighted by molar-refractivity contribution is -0.145. The maximum Gasteiger partial charge on any atom is 0.325 e. The van der Waals surface area contributed by atoms with Gasteiger partial charge in [-0.05, 0) is 29.8 Å². The number of esters is 1. The molecule has 1 N–H and O–H groups in total. The van der Waals surface area contributed by atoms with Crippen LogP contribution < -0.4 is 10.1 Å². The van der Waals surface area contributed by atoms with E-state index < -0.39 is 11.9 Å². The van der Waals surface area contributed by atoms with Crippen molar-refractivity contribution in [3.05, 3.63) is 65.2 Å². The summed E-state index contributed by atoms with van der Waals surface area (Å²) >= 11 is 5.84. The van der Waals surface area contributed by atoms with Gasteiger partial charge in [-0.25, -0.2) is 0 Å². The number of carbonyl (C=O) groups excluding carboxylic acids is 2. The van der Waals surface area contributed by atoms with Crippen LogP contribution in [0.1, 0.15) is 5.56 Å². The van der Waals surface area contributed by atoms with Crippen molar-refractivity contribution in [2.24, 2.45) is 0 Å². The summed E-state index contributed by atoms with van der Waals surface area (Å²) in [4.78, 5) is 23.1. The van der Waals surface area contributed by atoms with Crippen molar-refractivity contribution in [2.45, 2.75) is 6.61 Å². The van der Waals surface area contributed by atoms with Gasteiger partial charge in [0.25, 0.3) is 5.91 Å². The molecular formula is C17H16ClNO4. The molecule has 2 rings (SSSR count). The number of carbonyl (C=O) groups is 2. The fraction of sp³-hybridized carbons (Fsp3) is 0.176. The van der Waals surface area contributed by atoms with Gasteiger partial charge in [0.05, 0.1) is 0 Å². The Hall–Kier alpha value is -2.53. The first-order chi connectivity index (χ1) is 11.1. The molecule has 0 atom stereocenters. The van der Waals surface area contributed by atoms with Gasteiger partial charge in [0, 0.05) is 5.02 Å². The molecule has 0 aromatic heterocycles. The summed E-state index contributed by atoms with van der Waals surface area (Å²) in [6.07, 6.45) is 0. The van der Waals surface area contributed by atoms with Crippen LogP contribution in [-0.4, -0.2) is 25.0 Å². The van der Waals surface area contributed by atoms with Gasteiger partial charge in [0.2, 0.25) is 0 Å². The number of hydrogen-bond acceptors (Lipinski definition) is 4. The van der Waals surface area contributed by atoms with E-state index >= 15 is 0 Å². The third kappa shape index (κ3) is 6.40. The Morgan fingerprint density at radius 1 is 1.04 bits per heavy atom. The van der Waals surface area contributed by atoms with Crippen LogP contribution in [0.3, 0.4) is 0 Å². The Morgan fingerprint density at radius 3 is 2.57 bits per heavy atom. The SMILES string of the molecule is O=C(COc1ccccc1)NCC(=O)OCc1cccc(Cl)c1. The molecule has 2 aromatic rings. The highest BCUT2D eigenvalue weighted by Crippen LogP contribution is 2.11. The minimum absolute atomic E-state index is 0.107. The van der Waals surface area contributed by atoms with Crippen molar-refractivity contribution in [3.63, 3.8) is 0 Å². The molecule has 1 amide bonds. The predicted octanol–water partition coefficient (Wildman–Crippen LogP) is 2.58. The second kappa shape index (κ2) is 8.80. The van der Waals surface area contributed by atoms with Crippen LogP contribution in [-0.2, 0) is 20.9 Å². The van der Waals surface area contributed by atoms with Crippen LogP contribution >= 0.6 is 11.6 Å². The van der Waals surface area contributed by atoms with Gasteiger partial charge in [-0.2, -0.15) is 0 Å². The molecular weight excluding hydrogens is 318 g/mol. The number of hydrogen-bond donors (Lipinski definition) is 1. The first kappa shape index (κ1) is 16.8. The summed E-state index contributed by atoms with van der Waals surface area (Å²) < 4.78 is 10.3. The normalized spacial score (nSPS) is 9.96. The van der Waals surface area contributed by atoms with Gasteiger partial charge in [-0.15, -0.1) is 0 Å². The summed E-state index contributed by atoms with van der Waals surface area (Å²) in [6, 6.07) is 16.0. The monoisotopic (exact) mass is 333 g/mol. The van der Waals surface area contributed by atoms with Gasteiger partial charge < -0.3 is 14.8 Å². The maximum absolute atomic E-state index is 11.6. The zero-order chi connectivity index (χ0) is 16.5. The zero-order valence-corrected chi connectivity index (χ0v) is 13.1. The van der Waals surface area contributed by atoms with Crippen LogP contribution in [0.4, 0.5) is 0 Å². The minimum atomic E-state index is -0.530. The second-order valence-electron chi connectivity index (χ2n) is 4.67. The molecule has 0 aliphatic rings. The van der Waals surface area contributed by atoms with Crippen molar-refractivity contribution in [2.75, 3.05) is 13.2 Å². The number of para-hydroxylation sites is 1. The van der Waals surface area contributed by atoms with E-state index in [2.05, 4.69) is 5.32 Å². The summed E-state index contributed by atoms with van der Waals surface area (Å²) in [5.74, 6) is -0.335. The standard InChI is InChI=1S/C17H16ClNO4/c18-14-6-4-5-13(9-14)11-23-17(21)10-19-16(20)12-22-15-7-2-1-3-8-15/h1-9H,10-12H2,(H,19,20). The third-order valence-corrected chi connectivity index (χ3v) is 3.07. The van der Waals surface area contributed by atoms with E-state index in [1.54, 1.807) is 48.5 Å². The summed E-state index contributed by atoms with van der Waals surface area (Å²) in [5.41, 5.74) is 0.782. The fourth-order valence-electron chi connectivity index (χ4n) is 1.73. The van der Waals surface area contributed by atoms with E-state index in [0.717, 1.165) is 5.56 Å². The van der Waals surface area contributed by atoms with E-state index in [-0.39, 0.29) is 19.8 Å². The number of nitrogens with one attached hydrogen (secondary N) is 1. The molecule has 0 radical (unpaired) electrons. The predicted molar refractivity (Wildman–Crippen MR) is 86.2 cm³/mol. The average molecular weight is 334 g/mol. The Kier molecular flexibility index (Phi) is 6.44. The number of amides is 1. The van der Waals surface area contributed by atoms with Crippen molar-refractivity contribution in [1.29, 1.82) is 0 Å². The highest BCUT2D eigenvalue weighted by atomic mass is 35.5. The highest BCUT2D eigenvalue weighted by Gasteiger charge is 2.08. The molecule has 0 bridgehead atoms. The number of rotatable bonds is 7. The fourth-order valence-corrected chi connectivity index (χ4v) is 1.94. The van der Waals surface area contributed by atoms with E-state index in [1.807, 2.05) is 6.07 Å². The number of ether oxygens (including phenoxy) is 2. The molecule has 0 heterocycles. The molecule has 5 nitrogen and oxygen atoms in total. The van der Waals surface area contributed by atoms with Crippen molar-refractivity contribution >= 4 is 23.5 Å². The van der Waals surface area contributed by atoms with Crippen LogP contribution in [0.15, 0.2) is 54.6 Å². The van der Waals surface area contributed by atoms with Crippen LogP contribution in [0, 0.1) is 0 Å². The van der Waals surface area contributed by atoms with Crippen LogP contribution in [0.2, 0.25) is 5.02 Å². The number of halogens is 1. The smallest absolute Gasteiger partial charge is 0.325 e. The largest absolute Gasteiger partial charge is 0.484 e. The Morgan fingerprint density at radius 2 is 1.83 bits per heavy atom. The molecule has 0 spiro atoms. The topological polar surface area (TPSA) is 64.6 Å². The number of benzene rings is 2. The molecule has 0 fully saturated rings. The molecule has 0 saturated carbocycles. The van der Waals surface area contributed by atoms with Gasteiger partial charge in [-0.3, -0.25) is 9.59 Å². The van der Waals surface area contributed by atoms with Crippen LogP contribution in [0.25, 0.3) is 0 Å². The Balaban J connectivity index is 1.64. The van der Waals surface area contributed by atoms with E-state index in [1.165, 1.54) is 0 Å². The highest BCUT2D eigenvalue weighted by molar-refractivity contribution is 6.30. The Bertz CT molecular complexity index is 661. The third-order valence-electron chi connectivity index (χ3n) is 2.83. The first-order valence-electron chi connectivity index (χ1n) is 6.98. The maximum atomic E-state index is 11.6. The molecule has 0 aliphatic heterocycles. The van der Waals surface area contributed by atoms with E-state index in [0.29, 0.717) is 10.8 Å². The molecule has 0 unspecified atom stereocenters. The quantitative estimate of drug-likeness (QED) is 0.791. The molecule has 2 aromatic carbocycles. The molecule has 6 heteroatoms. The van der Waals surface area contributed by atoms with Crippen molar-refractivity contribution < 1.29 is 19.1 Å². The second-order valence-corrected chi connectivity index (χ2v) is 5.11. The van der Waals surface area contributed by atoms with E-state index in [4.69, 9.17) is 21.1 Å². The lowest BCUT2D eigenvalue weighted by Gasteiger charge is -2.08. The van der Waals surface area contributed by atoms with Gasteiger partial charge in [-0.1, -0.05) is 41.9 Å².